The Hall–Kier alpha value is -2.35. The number of nitriles is 1. The van der Waals surface area contributed by atoms with Crippen LogP contribution >= 0.6 is 0 Å². The van der Waals surface area contributed by atoms with Gasteiger partial charge < -0.3 is 4.90 Å². The zero-order valence-electron chi connectivity index (χ0n) is 14.1. The van der Waals surface area contributed by atoms with Crippen LogP contribution in [-0.2, 0) is 0 Å². The molecule has 0 atom stereocenters. The van der Waals surface area contributed by atoms with Gasteiger partial charge >= 0.3 is 0 Å². The van der Waals surface area contributed by atoms with Gasteiger partial charge in [-0.3, -0.25) is 0 Å². The Balaban J connectivity index is 1.95. The number of hydrogen-bond acceptors (Lipinski definition) is 4. The smallest absolute Gasteiger partial charge is 0.207 e. The van der Waals surface area contributed by atoms with Gasteiger partial charge in [0.15, 0.2) is 5.82 Å². The van der Waals surface area contributed by atoms with Crippen molar-refractivity contribution < 1.29 is 0 Å². The fraction of sp³-hybridized carbons (Fsp3) is 0.500. The van der Waals surface area contributed by atoms with Crippen molar-refractivity contribution in [1.29, 1.82) is 5.26 Å². The lowest BCUT2D eigenvalue weighted by molar-refractivity contribution is 0.425. The maximum atomic E-state index is 9.44. The van der Waals surface area contributed by atoms with Gasteiger partial charge in [-0.2, -0.15) is 5.26 Å². The molecule has 0 aliphatic heterocycles. The van der Waals surface area contributed by atoms with Crippen LogP contribution in [0.25, 0.3) is 5.69 Å². The van der Waals surface area contributed by atoms with Gasteiger partial charge in [-0.15, -0.1) is 15.0 Å². The second kappa shape index (κ2) is 6.41. The third-order valence-corrected chi connectivity index (χ3v) is 4.60. The predicted molar refractivity (Wildman–Crippen MR) is 90.8 cm³/mol. The molecule has 1 aliphatic carbocycles. The quantitative estimate of drug-likeness (QED) is 0.870. The molecule has 0 radical (unpaired) electrons. The van der Waals surface area contributed by atoms with Gasteiger partial charge in [0.05, 0.1) is 5.69 Å². The fourth-order valence-corrected chi connectivity index (χ4v) is 3.43. The first-order valence-electron chi connectivity index (χ1n) is 8.27. The first-order valence-corrected chi connectivity index (χ1v) is 8.27. The van der Waals surface area contributed by atoms with Crippen molar-refractivity contribution in [2.24, 2.45) is 0 Å². The fourth-order valence-electron chi connectivity index (χ4n) is 3.43. The van der Waals surface area contributed by atoms with Gasteiger partial charge in [0.25, 0.3) is 0 Å². The van der Waals surface area contributed by atoms with E-state index in [4.69, 9.17) is 0 Å². The first-order chi connectivity index (χ1) is 11.1. The molecule has 1 heterocycles. The lowest BCUT2D eigenvalue weighted by atomic mass is 9.94. The number of anilines is 1. The van der Waals surface area contributed by atoms with E-state index < -0.39 is 0 Å². The predicted octanol–water partition coefficient (Wildman–Crippen LogP) is 3.52. The molecule has 5 nitrogen and oxygen atoms in total. The second-order valence-electron chi connectivity index (χ2n) is 6.52. The van der Waals surface area contributed by atoms with E-state index in [-0.39, 0.29) is 0 Å². The third kappa shape index (κ3) is 3.21. The van der Waals surface area contributed by atoms with Crippen LogP contribution in [0.2, 0.25) is 0 Å². The van der Waals surface area contributed by atoms with Gasteiger partial charge in [0.2, 0.25) is 5.69 Å². The van der Waals surface area contributed by atoms with Crippen LogP contribution in [0, 0.1) is 25.2 Å². The van der Waals surface area contributed by atoms with Gasteiger partial charge in [0, 0.05) is 13.1 Å². The first kappa shape index (κ1) is 15.5. The lowest BCUT2D eigenvalue weighted by Crippen LogP contribution is -2.34. The SMILES string of the molecule is Cc1cc(C)cc(-n2nc(C#N)c(N(C)C3CCCCC3)n2)c1. The minimum absolute atomic E-state index is 0.400. The highest BCUT2D eigenvalue weighted by Crippen LogP contribution is 2.27. The zero-order valence-corrected chi connectivity index (χ0v) is 14.1. The molecule has 0 spiro atoms. The van der Waals surface area contributed by atoms with E-state index in [1.165, 1.54) is 19.3 Å². The number of hydrogen-bond donors (Lipinski definition) is 0. The Kier molecular flexibility index (Phi) is 4.33. The van der Waals surface area contributed by atoms with Crippen molar-refractivity contribution in [2.75, 3.05) is 11.9 Å². The van der Waals surface area contributed by atoms with Crippen molar-refractivity contribution in [3.05, 3.63) is 35.0 Å². The molecule has 1 fully saturated rings. The van der Waals surface area contributed by atoms with E-state index in [1.54, 1.807) is 4.80 Å². The molecular formula is C18H23N5. The Bertz CT molecular complexity index is 714. The van der Waals surface area contributed by atoms with E-state index in [2.05, 4.69) is 41.1 Å². The summed E-state index contributed by atoms with van der Waals surface area (Å²) in [4.78, 5) is 3.73. The minimum atomic E-state index is 0.400. The van der Waals surface area contributed by atoms with Crippen LogP contribution in [0.3, 0.4) is 0 Å². The molecule has 1 aromatic heterocycles. The maximum absolute atomic E-state index is 9.44. The summed E-state index contributed by atoms with van der Waals surface area (Å²) in [6.45, 7) is 4.11. The summed E-state index contributed by atoms with van der Waals surface area (Å²) in [5, 5.41) is 18.5. The van der Waals surface area contributed by atoms with E-state index in [1.807, 2.05) is 19.2 Å². The largest absolute Gasteiger partial charge is 0.353 e. The van der Waals surface area contributed by atoms with Crippen LogP contribution in [-0.4, -0.2) is 28.1 Å². The lowest BCUT2D eigenvalue weighted by Gasteiger charge is -2.31. The van der Waals surface area contributed by atoms with Crippen LogP contribution in [0.4, 0.5) is 5.82 Å². The summed E-state index contributed by atoms with van der Waals surface area (Å²) in [6, 6.07) is 8.86. The molecule has 1 saturated carbocycles. The summed E-state index contributed by atoms with van der Waals surface area (Å²) in [5.74, 6) is 0.693. The van der Waals surface area contributed by atoms with E-state index >= 15 is 0 Å². The molecule has 1 aliphatic rings. The van der Waals surface area contributed by atoms with Crippen molar-refractivity contribution in [2.45, 2.75) is 52.0 Å². The Morgan fingerprint density at radius 3 is 2.35 bits per heavy atom. The van der Waals surface area contributed by atoms with E-state index in [9.17, 15) is 5.26 Å². The van der Waals surface area contributed by atoms with Gasteiger partial charge in [-0.25, -0.2) is 0 Å². The maximum Gasteiger partial charge on any atom is 0.207 e. The molecule has 1 aromatic carbocycles. The van der Waals surface area contributed by atoms with Crippen LogP contribution in [0.15, 0.2) is 18.2 Å². The molecule has 23 heavy (non-hydrogen) atoms. The highest BCUT2D eigenvalue weighted by Gasteiger charge is 2.24. The van der Waals surface area contributed by atoms with Crippen LogP contribution in [0.1, 0.15) is 48.9 Å². The van der Waals surface area contributed by atoms with Crippen LogP contribution < -0.4 is 4.90 Å². The number of rotatable bonds is 3. The van der Waals surface area contributed by atoms with E-state index in [0.29, 0.717) is 17.6 Å². The summed E-state index contributed by atoms with van der Waals surface area (Å²) < 4.78 is 0. The van der Waals surface area contributed by atoms with Crippen molar-refractivity contribution in [3.63, 3.8) is 0 Å². The molecule has 0 amide bonds. The van der Waals surface area contributed by atoms with Gasteiger partial charge in [-0.05, 0) is 49.9 Å². The Morgan fingerprint density at radius 1 is 1.09 bits per heavy atom. The molecular weight excluding hydrogens is 286 g/mol. The number of aromatic nitrogens is 3. The molecule has 0 saturated heterocycles. The zero-order chi connectivity index (χ0) is 16.4. The van der Waals surface area contributed by atoms with E-state index in [0.717, 1.165) is 29.7 Å². The average molecular weight is 309 g/mol. The third-order valence-electron chi connectivity index (χ3n) is 4.60. The van der Waals surface area contributed by atoms with Gasteiger partial charge in [-0.1, -0.05) is 25.3 Å². The normalized spacial score (nSPS) is 15.4. The Labute approximate surface area is 137 Å². The topological polar surface area (TPSA) is 57.7 Å². The van der Waals surface area contributed by atoms with Crippen molar-refractivity contribution in [1.82, 2.24) is 15.0 Å². The molecule has 3 rings (SSSR count). The standard InChI is InChI=1S/C18H23N5/c1-13-9-14(2)11-16(10-13)23-20-17(12-19)18(21-23)22(3)15-7-5-4-6-8-15/h9-11,15H,4-8H2,1-3H3. The minimum Gasteiger partial charge on any atom is -0.353 e. The highest BCUT2D eigenvalue weighted by molar-refractivity contribution is 5.51. The molecule has 2 aromatic rings. The molecule has 0 N–H and O–H groups in total. The van der Waals surface area contributed by atoms with Crippen molar-refractivity contribution in [3.8, 4) is 11.8 Å². The Morgan fingerprint density at radius 2 is 1.74 bits per heavy atom. The summed E-state index contributed by atoms with van der Waals surface area (Å²) in [7, 11) is 2.03. The second-order valence-corrected chi connectivity index (χ2v) is 6.52. The monoisotopic (exact) mass is 309 g/mol. The molecule has 0 unspecified atom stereocenters. The summed E-state index contributed by atoms with van der Waals surface area (Å²) in [5.41, 5.74) is 3.63. The molecule has 120 valence electrons. The van der Waals surface area contributed by atoms with Crippen LogP contribution in [0.5, 0.6) is 0 Å². The summed E-state index contributed by atoms with van der Waals surface area (Å²) >= 11 is 0. The van der Waals surface area contributed by atoms with Crippen molar-refractivity contribution >= 4 is 5.82 Å². The average Bonchev–Trinajstić information content (AvgIpc) is 2.98. The number of aryl methyl sites for hydroxylation is 2. The number of benzene rings is 1. The summed E-state index contributed by atoms with van der Waals surface area (Å²) in [6.07, 6.45) is 6.14. The van der Waals surface area contributed by atoms with Gasteiger partial charge in [0.1, 0.15) is 6.07 Å². The number of nitrogens with zero attached hydrogens (tertiary/aromatic N) is 5. The molecule has 0 bridgehead atoms. The highest BCUT2D eigenvalue weighted by atomic mass is 15.5. The molecule has 5 heteroatoms.